The molecule has 0 saturated carbocycles. The predicted molar refractivity (Wildman–Crippen MR) is 111 cm³/mol. The first-order valence-corrected chi connectivity index (χ1v) is 10.6. The second-order valence-electron chi connectivity index (χ2n) is 6.60. The topological polar surface area (TPSA) is 59.1 Å². The van der Waals surface area contributed by atoms with Gasteiger partial charge in [-0.15, -0.1) is 0 Å². The molecule has 1 aromatic heterocycles. The lowest BCUT2D eigenvalue weighted by Gasteiger charge is -2.19. The van der Waals surface area contributed by atoms with Crippen LogP contribution in [0, 0.1) is 0 Å². The summed E-state index contributed by atoms with van der Waals surface area (Å²) in [6.45, 7) is 0. The number of fused-ring (bicyclic) bond motifs is 1. The van der Waals surface area contributed by atoms with E-state index >= 15 is 0 Å². The molecule has 0 fully saturated rings. The van der Waals surface area contributed by atoms with Crippen LogP contribution in [0.1, 0.15) is 17.3 Å². The minimum absolute atomic E-state index is 0.252. The van der Waals surface area contributed by atoms with Crippen molar-refractivity contribution in [2.45, 2.75) is 17.4 Å². The molecule has 1 heterocycles. The Hall–Kier alpha value is -3.02. The van der Waals surface area contributed by atoms with Crippen LogP contribution in [0.2, 0.25) is 0 Å². The standard InChI is InChI=1S/C23H20N2O2S/c26-28(27,21-12-5-2-6-13-21)25-23(18-9-3-1-4-10-18)17-20-16-15-19-11-7-8-14-22(19)24-20/h1-16,23,25H,17H2. The molecule has 28 heavy (non-hydrogen) atoms. The van der Waals surface area contributed by atoms with Crippen LogP contribution < -0.4 is 4.72 Å². The van der Waals surface area contributed by atoms with Gasteiger partial charge in [0.05, 0.1) is 16.5 Å². The summed E-state index contributed by atoms with van der Waals surface area (Å²) in [7, 11) is -3.65. The van der Waals surface area contributed by atoms with Crippen molar-refractivity contribution in [1.29, 1.82) is 0 Å². The quantitative estimate of drug-likeness (QED) is 0.529. The van der Waals surface area contributed by atoms with Gasteiger partial charge < -0.3 is 0 Å². The van der Waals surface area contributed by atoms with E-state index in [9.17, 15) is 8.42 Å². The summed E-state index contributed by atoms with van der Waals surface area (Å²) >= 11 is 0. The van der Waals surface area contributed by atoms with Crippen LogP contribution >= 0.6 is 0 Å². The Morgan fingerprint density at radius 2 is 1.39 bits per heavy atom. The smallest absolute Gasteiger partial charge is 0.241 e. The maximum Gasteiger partial charge on any atom is 0.241 e. The summed E-state index contributed by atoms with van der Waals surface area (Å²) in [4.78, 5) is 4.96. The summed E-state index contributed by atoms with van der Waals surface area (Å²) < 4.78 is 28.6. The number of benzene rings is 3. The number of hydrogen-bond donors (Lipinski definition) is 1. The van der Waals surface area contributed by atoms with Crippen molar-refractivity contribution < 1.29 is 8.42 Å². The molecule has 0 spiro atoms. The predicted octanol–water partition coefficient (Wildman–Crippen LogP) is 4.50. The van der Waals surface area contributed by atoms with Gasteiger partial charge in [-0.1, -0.05) is 72.8 Å². The number of aromatic nitrogens is 1. The van der Waals surface area contributed by atoms with Crippen molar-refractivity contribution in [3.8, 4) is 0 Å². The monoisotopic (exact) mass is 388 g/mol. The maximum atomic E-state index is 12.9. The first kappa shape index (κ1) is 18.3. The van der Waals surface area contributed by atoms with Gasteiger partial charge in [-0.2, -0.15) is 0 Å². The Balaban J connectivity index is 1.67. The van der Waals surface area contributed by atoms with Crippen molar-refractivity contribution >= 4 is 20.9 Å². The SMILES string of the molecule is O=S(=O)(NC(Cc1ccc2ccccc2n1)c1ccccc1)c1ccccc1. The Morgan fingerprint density at radius 1 is 0.750 bits per heavy atom. The van der Waals surface area contributed by atoms with Gasteiger partial charge in [0.25, 0.3) is 0 Å². The number of sulfonamides is 1. The Bertz CT molecular complexity index is 1180. The van der Waals surface area contributed by atoms with Crippen LogP contribution in [-0.2, 0) is 16.4 Å². The average molecular weight is 388 g/mol. The molecular formula is C23H20N2O2S. The molecule has 1 unspecified atom stereocenters. The summed E-state index contributed by atoms with van der Waals surface area (Å²) in [6, 6.07) is 29.5. The molecular weight excluding hydrogens is 368 g/mol. The summed E-state index contributed by atoms with van der Waals surface area (Å²) in [6.07, 6.45) is 0.459. The van der Waals surface area contributed by atoms with Crippen molar-refractivity contribution in [2.75, 3.05) is 0 Å². The molecule has 0 amide bonds. The highest BCUT2D eigenvalue weighted by Crippen LogP contribution is 2.22. The number of nitrogens with zero attached hydrogens (tertiary/aromatic N) is 1. The lowest BCUT2D eigenvalue weighted by atomic mass is 10.0. The van der Waals surface area contributed by atoms with Crippen LogP contribution in [-0.4, -0.2) is 13.4 Å². The number of para-hydroxylation sites is 1. The fourth-order valence-electron chi connectivity index (χ4n) is 3.20. The van der Waals surface area contributed by atoms with E-state index in [1.807, 2.05) is 66.7 Å². The molecule has 4 aromatic rings. The second kappa shape index (κ2) is 7.92. The fourth-order valence-corrected chi connectivity index (χ4v) is 4.44. The summed E-state index contributed by atoms with van der Waals surface area (Å²) in [5.41, 5.74) is 2.64. The summed E-state index contributed by atoms with van der Waals surface area (Å²) in [5, 5.41) is 1.06. The van der Waals surface area contributed by atoms with E-state index in [2.05, 4.69) is 4.72 Å². The molecule has 0 aliphatic heterocycles. The van der Waals surface area contributed by atoms with E-state index in [0.717, 1.165) is 22.2 Å². The second-order valence-corrected chi connectivity index (χ2v) is 8.31. The Morgan fingerprint density at radius 3 is 2.14 bits per heavy atom. The summed E-state index contributed by atoms with van der Waals surface area (Å²) in [5.74, 6) is 0. The van der Waals surface area contributed by atoms with Crippen molar-refractivity contribution in [1.82, 2.24) is 9.71 Å². The minimum Gasteiger partial charge on any atom is -0.253 e. The highest BCUT2D eigenvalue weighted by Gasteiger charge is 2.22. The molecule has 0 radical (unpaired) electrons. The van der Waals surface area contributed by atoms with Gasteiger partial charge >= 0.3 is 0 Å². The van der Waals surface area contributed by atoms with Crippen molar-refractivity contribution in [3.05, 3.63) is 108 Å². The third-order valence-electron chi connectivity index (χ3n) is 4.62. The van der Waals surface area contributed by atoms with Crippen LogP contribution in [0.3, 0.4) is 0 Å². The van der Waals surface area contributed by atoms with E-state index in [-0.39, 0.29) is 4.90 Å². The van der Waals surface area contributed by atoms with E-state index < -0.39 is 16.1 Å². The molecule has 1 atom stereocenters. The first-order valence-electron chi connectivity index (χ1n) is 9.09. The minimum atomic E-state index is -3.65. The molecule has 3 aromatic carbocycles. The molecule has 0 bridgehead atoms. The fraction of sp³-hybridized carbons (Fsp3) is 0.0870. The Labute approximate surface area is 164 Å². The van der Waals surface area contributed by atoms with E-state index in [1.54, 1.807) is 30.3 Å². The third-order valence-corrected chi connectivity index (χ3v) is 6.11. The van der Waals surface area contributed by atoms with Crippen LogP contribution in [0.4, 0.5) is 0 Å². The zero-order valence-corrected chi connectivity index (χ0v) is 16.0. The van der Waals surface area contributed by atoms with Gasteiger partial charge in [-0.05, 0) is 29.8 Å². The van der Waals surface area contributed by atoms with Crippen molar-refractivity contribution in [3.63, 3.8) is 0 Å². The third kappa shape index (κ3) is 4.11. The largest absolute Gasteiger partial charge is 0.253 e. The maximum absolute atomic E-state index is 12.9. The van der Waals surface area contributed by atoms with Gasteiger partial charge in [-0.3, -0.25) is 4.98 Å². The van der Waals surface area contributed by atoms with E-state index in [1.165, 1.54) is 0 Å². The molecule has 140 valence electrons. The zero-order valence-electron chi connectivity index (χ0n) is 15.2. The number of pyridine rings is 1. The highest BCUT2D eigenvalue weighted by atomic mass is 32.2. The van der Waals surface area contributed by atoms with Gasteiger partial charge in [0.1, 0.15) is 0 Å². The molecule has 4 rings (SSSR count). The number of rotatable bonds is 6. The van der Waals surface area contributed by atoms with E-state index in [0.29, 0.717) is 6.42 Å². The van der Waals surface area contributed by atoms with E-state index in [4.69, 9.17) is 4.98 Å². The molecule has 4 nitrogen and oxygen atoms in total. The van der Waals surface area contributed by atoms with Gasteiger partial charge in [-0.25, -0.2) is 13.1 Å². The number of nitrogens with one attached hydrogen (secondary N) is 1. The normalized spacial score (nSPS) is 12.7. The zero-order chi connectivity index (χ0) is 19.4. The van der Waals surface area contributed by atoms with Crippen molar-refractivity contribution in [2.24, 2.45) is 0 Å². The molecule has 0 aliphatic rings. The highest BCUT2D eigenvalue weighted by molar-refractivity contribution is 7.89. The molecule has 0 saturated heterocycles. The number of hydrogen-bond acceptors (Lipinski definition) is 3. The van der Waals surface area contributed by atoms with Gasteiger partial charge in [0.15, 0.2) is 0 Å². The first-order chi connectivity index (χ1) is 13.6. The Kier molecular flexibility index (Phi) is 5.19. The van der Waals surface area contributed by atoms with Gasteiger partial charge in [0.2, 0.25) is 10.0 Å². The lowest BCUT2D eigenvalue weighted by molar-refractivity contribution is 0.553. The van der Waals surface area contributed by atoms with Crippen LogP contribution in [0.5, 0.6) is 0 Å². The molecule has 0 aliphatic carbocycles. The molecule has 5 heteroatoms. The average Bonchev–Trinajstić information content (AvgIpc) is 2.74. The van der Waals surface area contributed by atoms with Crippen LogP contribution in [0.25, 0.3) is 10.9 Å². The van der Waals surface area contributed by atoms with Gasteiger partial charge in [0, 0.05) is 17.5 Å². The lowest BCUT2D eigenvalue weighted by Crippen LogP contribution is -2.30. The molecule has 1 N–H and O–H groups in total. The van der Waals surface area contributed by atoms with Crippen LogP contribution in [0.15, 0.2) is 102 Å².